The van der Waals surface area contributed by atoms with Crippen molar-refractivity contribution in [1.82, 2.24) is 15.1 Å². The zero-order chi connectivity index (χ0) is 15.3. The summed E-state index contributed by atoms with van der Waals surface area (Å²) in [6.07, 6.45) is 10.5. The van der Waals surface area contributed by atoms with Crippen LogP contribution in [0.5, 0.6) is 0 Å². The largest absolute Gasteiger partial charge is 0.377 e. The van der Waals surface area contributed by atoms with E-state index in [1.165, 1.54) is 25.7 Å². The third kappa shape index (κ3) is 3.86. The van der Waals surface area contributed by atoms with Gasteiger partial charge in [0.15, 0.2) is 0 Å². The number of methoxy groups -OCH3 is 1. The van der Waals surface area contributed by atoms with E-state index < -0.39 is 0 Å². The molecule has 4 heteroatoms. The minimum atomic E-state index is -0.0349. The molecule has 0 aliphatic heterocycles. The van der Waals surface area contributed by atoms with Gasteiger partial charge in [0.05, 0.1) is 11.3 Å². The van der Waals surface area contributed by atoms with Crippen molar-refractivity contribution in [2.45, 2.75) is 76.5 Å². The Bertz CT molecular complexity index is 419. The Morgan fingerprint density at radius 1 is 1.29 bits per heavy atom. The lowest BCUT2D eigenvalue weighted by Crippen LogP contribution is -2.52. The van der Waals surface area contributed by atoms with E-state index >= 15 is 0 Å². The number of nitrogens with zero attached hydrogens (tertiary/aromatic N) is 2. The highest BCUT2D eigenvalue weighted by molar-refractivity contribution is 5.06. The summed E-state index contributed by atoms with van der Waals surface area (Å²) in [7, 11) is 3.93. The first kappa shape index (κ1) is 16.5. The molecule has 1 aromatic heterocycles. The van der Waals surface area contributed by atoms with Crippen LogP contribution in [0.1, 0.15) is 64.1 Å². The Labute approximate surface area is 129 Å². The first-order valence-corrected chi connectivity index (χ1v) is 8.38. The molecule has 120 valence electrons. The molecular weight excluding hydrogens is 262 g/mol. The smallest absolute Gasteiger partial charge is 0.0834 e. The molecule has 1 heterocycles. The van der Waals surface area contributed by atoms with E-state index in [-0.39, 0.29) is 5.60 Å². The topological polar surface area (TPSA) is 39.1 Å². The second-order valence-electron chi connectivity index (χ2n) is 6.61. The maximum atomic E-state index is 6.04. The molecular formula is C17H31N3O. The number of ether oxygens (including phenoxy) is 1. The Balaban J connectivity index is 2.12. The molecule has 1 saturated carbocycles. The molecule has 1 aliphatic carbocycles. The van der Waals surface area contributed by atoms with Gasteiger partial charge >= 0.3 is 0 Å². The summed E-state index contributed by atoms with van der Waals surface area (Å²) in [5.41, 5.74) is 1.12. The van der Waals surface area contributed by atoms with E-state index in [9.17, 15) is 0 Å². The van der Waals surface area contributed by atoms with Crippen LogP contribution in [0.25, 0.3) is 0 Å². The zero-order valence-electron chi connectivity index (χ0n) is 14.1. The number of hydrogen-bond donors (Lipinski definition) is 1. The van der Waals surface area contributed by atoms with Crippen LogP contribution in [0.4, 0.5) is 0 Å². The van der Waals surface area contributed by atoms with Gasteiger partial charge in [-0.25, -0.2) is 0 Å². The van der Waals surface area contributed by atoms with Crippen molar-refractivity contribution >= 4 is 0 Å². The van der Waals surface area contributed by atoms with Crippen molar-refractivity contribution < 1.29 is 4.74 Å². The standard InChI is InChI=1S/C17H31N3O/c1-14(2)20-12-9-15(19-20)13-16(18-3)17(21-4)10-7-5-6-8-11-17/h9,12,14,16,18H,5-8,10-11,13H2,1-4H3. The van der Waals surface area contributed by atoms with Crippen LogP contribution >= 0.6 is 0 Å². The van der Waals surface area contributed by atoms with Crippen LogP contribution < -0.4 is 5.32 Å². The number of aromatic nitrogens is 2. The molecule has 1 aliphatic rings. The molecule has 1 aromatic rings. The van der Waals surface area contributed by atoms with Crippen molar-refractivity contribution in [1.29, 1.82) is 0 Å². The molecule has 0 aromatic carbocycles. The average molecular weight is 293 g/mol. The molecule has 0 spiro atoms. The van der Waals surface area contributed by atoms with Gasteiger partial charge in [0.25, 0.3) is 0 Å². The van der Waals surface area contributed by atoms with Crippen LogP contribution in [0.15, 0.2) is 12.3 Å². The minimum absolute atomic E-state index is 0.0349. The Morgan fingerprint density at radius 2 is 1.95 bits per heavy atom. The van der Waals surface area contributed by atoms with Crippen LogP contribution in [-0.2, 0) is 11.2 Å². The van der Waals surface area contributed by atoms with E-state index in [0.29, 0.717) is 12.1 Å². The van der Waals surface area contributed by atoms with E-state index in [1.807, 2.05) is 11.8 Å². The van der Waals surface area contributed by atoms with Crippen molar-refractivity contribution in [2.75, 3.05) is 14.2 Å². The van der Waals surface area contributed by atoms with Gasteiger partial charge in [-0.05, 0) is 39.8 Å². The number of nitrogens with one attached hydrogen (secondary N) is 1. The van der Waals surface area contributed by atoms with Gasteiger partial charge < -0.3 is 10.1 Å². The highest BCUT2D eigenvalue weighted by Gasteiger charge is 2.38. The lowest BCUT2D eigenvalue weighted by Gasteiger charge is -2.39. The first-order valence-electron chi connectivity index (χ1n) is 8.38. The lowest BCUT2D eigenvalue weighted by molar-refractivity contribution is -0.0511. The fraction of sp³-hybridized carbons (Fsp3) is 0.824. The van der Waals surface area contributed by atoms with Crippen LogP contribution in [0.2, 0.25) is 0 Å². The second kappa shape index (κ2) is 7.41. The van der Waals surface area contributed by atoms with Crippen molar-refractivity contribution in [3.05, 3.63) is 18.0 Å². The maximum absolute atomic E-state index is 6.04. The molecule has 1 atom stereocenters. The molecule has 0 amide bonds. The maximum Gasteiger partial charge on any atom is 0.0834 e. The molecule has 1 N–H and O–H groups in total. The van der Waals surface area contributed by atoms with Crippen molar-refractivity contribution in [3.63, 3.8) is 0 Å². The summed E-state index contributed by atoms with van der Waals surface area (Å²) >= 11 is 0. The molecule has 0 bridgehead atoms. The Morgan fingerprint density at radius 3 is 2.43 bits per heavy atom. The normalized spacial score (nSPS) is 20.4. The van der Waals surface area contributed by atoms with E-state index in [2.05, 4.69) is 38.5 Å². The molecule has 2 rings (SSSR count). The van der Waals surface area contributed by atoms with Crippen molar-refractivity contribution in [2.24, 2.45) is 0 Å². The van der Waals surface area contributed by atoms with Gasteiger partial charge in [0.1, 0.15) is 0 Å². The zero-order valence-corrected chi connectivity index (χ0v) is 14.1. The highest BCUT2D eigenvalue weighted by atomic mass is 16.5. The molecule has 1 unspecified atom stereocenters. The van der Waals surface area contributed by atoms with Gasteiger partial charge in [-0.15, -0.1) is 0 Å². The summed E-state index contributed by atoms with van der Waals surface area (Å²) in [6.45, 7) is 4.32. The quantitative estimate of drug-likeness (QED) is 0.818. The summed E-state index contributed by atoms with van der Waals surface area (Å²) in [4.78, 5) is 0. The molecule has 1 fully saturated rings. The Kier molecular flexibility index (Phi) is 5.82. The minimum Gasteiger partial charge on any atom is -0.377 e. The van der Waals surface area contributed by atoms with Gasteiger partial charge in [-0.1, -0.05) is 25.7 Å². The van der Waals surface area contributed by atoms with Crippen LogP contribution in [0, 0.1) is 0 Å². The summed E-state index contributed by atoms with van der Waals surface area (Å²) < 4.78 is 8.08. The monoisotopic (exact) mass is 293 g/mol. The van der Waals surface area contributed by atoms with E-state index in [0.717, 1.165) is 25.0 Å². The van der Waals surface area contributed by atoms with E-state index in [1.54, 1.807) is 0 Å². The highest BCUT2D eigenvalue weighted by Crippen LogP contribution is 2.34. The summed E-state index contributed by atoms with van der Waals surface area (Å²) in [5.74, 6) is 0. The number of likely N-dealkylation sites (N-methyl/N-ethyl adjacent to an activating group) is 1. The van der Waals surface area contributed by atoms with Crippen LogP contribution in [-0.4, -0.2) is 35.6 Å². The van der Waals surface area contributed by atoms with E-state index in [4.69, 9.17) is 9.84 Å². The Hall–Kier alpha value is -0.870. The lowest BCUT2D eigenvalue weighted by atomic mass is 9.83. The van der Waals surface area contributed by atoms with Crippen LogP contribution in [0.3, 0.4) is 0 Å². The number of rotatable bonds is 6. The fourth-order valence-electron chi connectivity index (χ4n) is 3.56. The average Bonchev–Trinajstić information content (AvgIpc) is 2.82. The molecule has 21 heavy (non-hydrogen) atoms. The summed E-state index contributed by atoms with van der Waals surface area (Å²) in [6, 6.07) is 2.89. The van der Waals surface area contributed by atoms with Crippen molar-refractivity contribution in [3.8, 4) is 0 Å². The van der Waals surface area contributed by atoms with Gasteiger partial charge in [0, 0.05) is 31.8 Å². The van der Waals surface area contributed by atoms with Gasteiger partial charge in [0.2, 0.25) is 0 Å². The third-order valence-corrected chi connectivity index (χ3v) is 4.95. The predicted molar refractivity (Wildman–Crippen MR) is 86.6 cm³/mol. The second-order valence-corrected chi connectivity index (χ2v) is 6.61. The summed E-state index contributed by atoms with van der Waals surface area (Å²) in [5, 5.41) is 8.21. The SMILES string of the molecule is CNC(Cc1ccn(C(C)C)n1)C1(OC)CCCCCC1. The fourth-order valence-corrected chi connectivity index (χ4v) is 3.56. The first-order chi connectivity index (χ1) is 10.1. The molecule has 0 saturated heterocycles. The predicted octanol–water partition coefficient (Wildman–Crippen LogP) is 3.33. The molecule has 0 radical (unpaired) electrons. The number of hydrogen-bond acceptors (Lipinski definition) is 3. The van der Waals surface area contributed by atoms with Gasteiger partial charge in [-0.3, -0.25) is 4.68 Å². The molecule has 4 nitrogen and oxygen atoms in total. The van der Waals surface area contributed by atoms with Gasteiger partial charge in [-0.2, -0.15) is 5.10 Å². The third-order valence-electron chi connectivity index (χ3n) is 4.95.